The van der Waals surface area contributed by atoms with E-state index < -0.39 is 0 Å². The van der Waals surface area contributed by atoms with Gasteiger partial charge >= 0.3 is 0 Å². The summed E-state index contributed by atoms with van der Waals surface area (Å²) in [5, 5.41) is 3.11. The van der Waals surface area contributed by atoms with Gasteiger partial charge in [-0.15, -0.1) is 0 Å². The summed E-state index contributed by atoms with van der Waals surface area (Å²) in [5.74, 6) is 3.23. The van der Waals surface area contributed by atoms with Crippen LogP contribution in [0, 0.1) is 17.3 Å². The second kappa shape index (κ2) is 17.1. The van der Waals surface area contributed by atoms with E-state index in [0.717, 1.165) is 88.6 Å². The fraction of sp³-hybridized carbons (Fsp3) is 0.468. The molecule has 0 spiro atoms. The van der Waals surface area contributed by atoms with E-state index in [1.165, 1.54) is 28.7 Å². The van der Waals surface area contributed by atoms with Crippen LogP contribution in [-0.2, 0) is 33.9 Å². The number of morpholine rings is 1. The second-order valence-electron chi connectivity index (χ2n) is 16.2. The lowest BCUT2D eigenvalue weighted by Gasteiger charge is -2.53. The van der Waals surface area contributed by atoms with Crippen molar-refractivity contribution >= 4 is 11.6 Å². The number of carbonyl (C=O) groups excluding carboxylic acids is 1. The first kappa shape index (κ1) is 36.8. The fourth-order valence-electron chi connectivity index (χ4n) is 10.0. The summed E-state index contributed by atoms with van der Waals surface area (Å²) in [4.78, 5) is 15.2. The summed E-state index contributed by atoms with van der Waals surface area (Å²) in [7, 11) is 0. The molecule has 1 aliphatic heterocycles. The molecule has 7 heteroatoms. The third-order valence-corrected chi connectivity index (χ3v) is 12.8. The molecule has 284 valence electrons. The van der Waals surface area contributed by atoms with Crippen LogP contribution < -0.4 is 14.8 Å². The zero-order valence-corrected chi connectivity index (χ0v) is 31.8. The van der Waals surface area contributed by atoms with Gasteiger partial charge in [-0.05, 0) is 122 Å². The number of anilines is 1. The Morgan fingerprint density at radius 1 is 0.833 bits per heavy atom. The van der Waals surface area contributed by atoms with E-state index in [0.29, 0.717) is 37.4 Å². The lowest BCUT2D eigenvalue weighted by atomic mass is 9.54. The van der Waals surface area contributed by atoms with Crippen LogP contribution in [0.2, 0.25) is 0 Å². The molecule has 8 rings (SSSR count). The topological polar surface area (TPSA) is 69.3 Å². The summed E-state index contributed by atoms with van der Waals surface area (Å²) < 4.78 is 25.6. The van der Waals surface area contributed by atoms with Gasteiger partial charge in [-0.1, -0.05) is 73.7 Å². The van der Waals surface area contributed by atoms with Crippen molar-refractivity contribution in [2.75, 3.05) is 38.2 Å². The van der Waals surface area contributed by atoms with Gasteiger partial charge in [0.1, 0.15) is 24.2 Å². The van der Waals surface area contributed by atoms with Crippen LogP contribution in [0.1, 0.15) is 80.0 Å². The number of hydrogen-bond donors (Lipinski definition) is 1. The fourth-order valence-corrected chi connectivity index (χ4v) is 10.0. The molecule has 0 unspecified atom stereocenters. The first-order chi connectivity index (χ1) is 26.5. The molecule has 1 saturated heterocycles. The van der Waals surface area contributed by atoms with E-state index in [1.807, 2.05) is 30.3 Å². The number of carbonyl (C=O) groups is 1. The Labute approximate surface area is 321 Å². The van der Waals surface area contributed by atoms with Crippen molar-refractivity contribution in [3.8, 4) is 11.5 Å². The molecule has 0 aromatic heterocycles. The van der Waals surface area contributed by atoms with Crippen LogP contribution in [0.5, 0.6) is 11.5 Å². The van der Waals surface area contributed by atoms with E-state index in [4.69, 9.17) is 18.9 Å². The lowest BCUT2D eigenvalue weighted by molar-refractivity contribution is -0.116. The van der Waals surface area contributed by atoms with Crippen molar-refractivity contribution < 1.29 is 23.7 Å². The Morgan fingerprint density at radius 3 is 2.31 bits per heavy atom. The van der Waals surface area contributed by atoms with Gasteiger partial charge in [-0.25, -0.2) is 0 Å². The van der Waals surface area contributed by atoms with Crippen molar-refractivity contribution in [3.05, 3.63) is 125 Å². The van der Waals surface area contributed by atoms with Gasteiger partial charge in [0, 0.05) is 36.5 Å². The predicted molar refractivity (Wildman–Crippen MR) is 213 cm³/mol. The van der Waals surface area contributed by atoms with Gasteiger partial charge in [0.15, 0.2) is 0 Å². The standard InChI is InChI=1S/C47H56N2O5/c1-47-31-43(54-38-18-16-37(17-19-38)48-45(50)14-8-9-25-49-26-28-51-29-27-49)46-40-22-20-39(52-32-34-10-4-2-5-11-34)30-36(40)15-21-41(46)42(47)23-24-44(47)53-33-35-12-6-3-7-13-35/h2-7,10-13,16-20,22,30,41-44,46H,8-9,14-15,21,23-29,31-33H2,1H3,(H,48,50)/t41-,42-,43-,44-,46+,47-/m0/s1. The van der Waals surface area contributed by atoms with Crippen LogP contribution in [0.15, 0.2) is 103 Å². The number of aryl methyl sites for hydroxylation is 1. The highest BCUT2D eigenvalue weighted by molar-refractivity contribution is 5.90. The minimum Gasteiger partial charge on any atom is -0.490 e. The highest BCUT2D eigenvalue weighted by Crippen LogP contribution is 2.62. The molecule has 3 fully saturated rings. The molecule has 6 atom stereocenters. The van der Waals surface area contributed by atoms with Crippen molar-refractivity contribution in [1.29, 1.82) is 0 Å². The number of nitrogens with one attached hydrogen (secondary N) is 1. The largest absolute Gasteiger partial charge is 0.490 e. The summed E-state index contributed by atoms with van der Waals surface area (Å²) >= 11 is 0. The van der Waals surface area contributed by atoms with Crippen LogP contribution in [-0.4, -0.2) is 55.9 Å². The number of benzene rings is 4. The minimum atomic E-state index is -0.000722. The van der Waals surface area contributed by atoms with Crippen LogP contribution in [0.3, 0.4) is 0 Å². The normalized spacial score (nSPS) is 26.3. The summed E-state index contributed by atoms with van der Waals surface area (Å²) in [6.07, 6.45) is 8.03. The van der Waals surface area contributed by atoms with E-state index >= 15 is 0 Å². The van der Waals surface area contributed by atoms with Crippen LogP contribution in [0.4, 0.5) is 5.69 Å². The maximum atomic E-state index is 12.8. The quantitative estimate of drug-likeness (QED) is 0.131. The van der Waals surface area contributed by atoms with Gasteiger partial charge in [0.05, 0.1) is 25.9 Å². The van der Waals surface area contributed by atoms with Gasteiger partial charge in [0.25, 0.3) is 0 Å². The predicted octanol–water partition coefficient (Wildman–Crippen LogP) is 9.21. The number of rotatable bonds is 14. The van der Waals surface area contributed by atoms with E-state index in [2.05, 4.69) is 89.9 Å². The maximum Gasteiger partial charge on any atom is 0.224 e. The monoisotopic (exact) mass is 728 g/mol. The molecule has 0 radical (unpaired) electrons. The number of fused-ring (bicyclic) bond motifs is 5. The molecular formula is C47H56N2O5. The van der Waals surface area contributed by atoms with Crippen LogP contribution in [0.25, 0.3) is 0 Å². The molecule has 0 bridgehead atoms. The molecule has 54 heavy (non-hydrogen) atoms. The van der Waals surface area contributed by atoms with E-state index in [1.54, 1.807) is 0 Å². The molecular weight excluding hydrogens is 673 g/mol. The molecule has 4 aromatic rings. The summed E-state index contributed by atoms with van der Waals surface area (Å²) in [5.41, 5.74) is 6.03. The molecule has 4 aromatic carbocycles. The SMILES string of the molecule is C[C@]12C[C@H](Oc3ccc(NC(=O)CCCCN4CCOCC4)cc3)[C@@H]3c4ccc(OCc5ccccc5)cc4CC[C@H]3[C@@H]1CC[C@@H]2OCc1ccccc1. The minimum absolute atomic E-state index is 0.000722. The number of ether oxygens (including phenoxy) is 4. The lowest BCUT2D eigenvalue weighted by Crippen LogP contribution is -2.52. The van der Waals surface area contributed by atoms with E-state index in [-0.39, 0.29) is 23.5 Å². The third-order valence-electron chi connectivity index (χ3n) is 12.8. The van der Waals surface area contributed by atoms with Gasteiger partial charge < -0.3 is 24.3 Å². The highest BCUT2D eigenvalue weighted by atomic mass is 16.5. The van der Waals surface area contributed by atoms with E-state index in [9.17, 15) is 4.79 Å². The Kier molecular flexibility index (Phi) is 11.6. The maximum absolute atomic E-state index is 12.8. The third kappa shape index (κ3) is 8.54. The first-order valence-electron chi connectivity index (χ1n) is 20.3. The highest BCUT2D eigenvalue weighted by Gasteiger charge is 2.59. The Hall–Kier alpha value is -4.17. The zero-order valence-electron chi connectivity index (χ0n) is 31.8. The van der Waals surface area contributed by atoms with Crippen LogP contribution >= 0.6 is 0 Å². The van der Waals surface area contributed by atoms with Gasteiger partial charge in [-0.2, -0.15) is 0 Å². The molecule has 7 nitrogen and oxygen atoms in total. The molecule has 1 amide bonds. The molecule has 3 aliphatic carbocycles. The number of amides is 1. The summed E-state index contributed by atoms with van der Waals surface area (Å²) in [6.45, 7) is 8.31. The van der Waals surface area contributed by atoms with Crippen molar-refractivity contribution in [1.82, 2.24) is 4.90 Å². The molecule has 4 aliphatic rings. The average molecular weight is 729 g/mol. The number of nitrogens with zero attached hydrogens (tertiary/aromatic N) is 1. The van der Waals surface area contributed by atoms with Crippen molar-refractivity contribution in [3.63, 3.8) is 0 Å². The number of hydrogen-bond acceptors (Lipinski definition) is 6. The van der Waals surface area contributed by atoms with Crippen molar-refractivity contribution in [2.45, 2.75) is 89.6 Å². The van der Waals surface area contributed by atoms with Gasteiger partial charge in [0.2, 0.25) is 5.91 Å². The van der Waals surface area contributed by atoms with Gasteiger partial charge in [-0.3, -0.25) is 9.69 Å². The molecule has 2 saturated carbocycles. The second-order valence-corrected chi connectivity index (χ2v) is 16.2. The Balaban J connectivity index is 0.964. The zero-order chi connectivity index (χ0) is 36.7. The smallest absolute Gasteiger partial charge is 0.224 e. The first-order valence-corrected chi connectivity index (χ1v) is 20.3. The Morgan fingerprint density at radius 2 is 1.56 bits per heavy atom. The summed E-state index contributed by atoms with van der Waals surface area (Å²) in [6, 6.07) is 35.7. The van der Waals surface area contributed by atoms with Crippen molar-refractivity contribution in [2.24, 2.45) is 17.3 Å². The number of unbranched alkanes of at least 4 members (excludes halogenated alkanes) is 1. The molecule has 1 heterocycles. The Bertz CT molecular complexity index is 1810. The average Bonchev–Trinajstić information content (AvgIpc) is 3.55. The molecule has 1 N–H and O–H groups in total.